The molecule has 0 spiro atoms. The van der Waals surface area contributed by atoms with Crippen LogP contribution in [0.25, 0.3) is 5.41 Å². The summed E-state index contributed by atoms with van der Waals surface area (Å²) in [6, 6.07) is 7.70. The molecule has 1 aliphatic carbocycles. The first-order valence-corrected chi connectivity index (χ1v) is 6.86. The molecule has 114 valence electrons. The standard InChI is InChI=1S/C15H18ClNO.BrH.ClH.2Mg/c1-11(10-18)9-14(17)15(7-2-8-15)12-3-5-13(16)6-4-12;;;;/h3-6,11H,2,7-10H2,1H3;2*1H;;/q-2;;;2*+2/p-2/t11-;;;;/m0..../s1. The zero-order valence-electron chi connectivity index (χ0n) is 12.8. The van der Waals surface area contributed by atoms with E-state index in [4.69, 9.17) is 11.6 Å². The molecule has 7 heteroatoms. The molecule has 0 heterocycles. The van der Waals surface area contributed by atoms with Crippen LogP contribution in [0.4, 0.5) is 0 Å². The molecule has 0 aromatic heterocycles. The Morgan fingerprint density at radius 1 is 1.27 bits per heavy atom. The summed E-state index contributed by atoms with van der Waals surface area (Å²) in [7, 11) is 0. The maximum Gasteiger partial charge on any atom is 2.00 e. The van der Waals surface area contributed by atoms with Crippen LogP contribution in [-0.2, 0) is 5.41 Å². The molecule has 1 atom stereocenters. The average molecular weight is 428 g/mol. The van der Waals surface area contributed by atoms with Gasteiger partial charge in [0.2, 0.25) is 0 Å². The van der Waals surface area contributed by atoms with E-state index < -0.39 is 0 Å². The van der Waals surface area contributed by atoms with Gasteiger partial charge in [0.15, 0.2) is 0 Å². The Morgan fingerprint density at radius 2 is 1.77 bits per heavy atom. The molecule has 2 nitrogen and oxygen atoms in total. The predicted octanol–water partition coefficient (Wildman–Crippen LogP) is -3.59. The first-order chi connectivity index (χ1) is 8.58. The molecular formula is C15H18BrCl2Mg2NO. The number of benzene rings is 1. The maximum absolute atomic E-state index is 10.8. The van der Waals surface area contributed by atoms with Crippen LogP contribution in [0.5, 0.6) is 0 Å². The molecule has 0 aliphatic heterocycles. The van der Waals surface area contributed by atoms with Crippen molar-refractivity contribution in [3.8, 4) is 0 Å². The van der Waals surface area contributed by atoms with Crippen molar-refractivity contribution in [2.24, 2.45) is 5.92 Å². The van der Waals surface area contributed by atoms with Crippen molar-refractivity contribution in [2.75, 3.05) is 6.61 Å². The molecule has 0 radical (unpaired) electrons. The van der Waals surface area contributed by atoms with E-state index in [0.29, 0.717) is 17.2 Å². The van der Waals surface area contributed by atoms with Crippen molar-refractivity contribution in [3.05, 3.63) is 40.3 Å². The van der Waals surface area contributed by atoms with Crippen molar-refractivity contribution >= 4 is 63.4 Å². The Balaban J connectivity index is -0.000000902. The minimum atomic E-state index is -0.228. The average Bonchev–Trinajstić information content (AvgIpc) is 2.30. The molecule has 1 aliphatic rings. The molecule has 1 aromatic carbocycles. The first kappa shape index (κ1) is 28.3. The van der Waals surface area contributed by atoms with E-state index >= 15 is 0 Å². The Bertz CT molecular complexity index is 442. The Labute approximate surface area is 187 Å². The van der Waals surface area contributed by atoms with Gasteiger partial charge in [-0.25, -0.2) is 0 Å². The molecule has 22 heavy (non-hydrogen) atoms. The molecule has 0 saturated heterocycles. The van der Waals surface area contributed by atoms with Crippen molar-refractivity contribution in [1.82, 2.24) is 0 Å². The predicted molar refractivity (Wildman–Crippen MR) is 85.5 cm³/mol. The van der Waals surface area contributed by atoms with Gasteiger partial charge in [-0.3, -0.25) is 0 Å². The maximum atomic E-state index is 10.8. The Morgan fingerprint density at radius 3 is 2.14 bits per heavy atom. The van der Waals surface area contributed by atoms with Gasteiger partial charge in [-0.05, 0) is 36.0 Å². The number of nitrogens with zero attached hydrogens (tertiary/aromatic N) is 1. The normalized spacial score (nSPS) is 15.6. The van der Waals surface area contributed by atoms with Crippen molar-refractivity contribution < 1.29 is 34.5 Å². The van der Waals surface area contributed by atoms with E-state index in [9.17, 15) is 10.5 Å². The van der Waals surface area contributed by atoms with Gasteiger partial charge in [0.05, 0.1) is 0 Å². The molecule has 1 fully saturated rings. The van der Waals surface area contributed by atoms with E-state index in [2.05, 4.69) is 0 Å². The minimum absolute atomic E-state index is 0. The Hall–Kier alpha value is 1.44. The number of hydrogen-bond donors (Lipinski definition) is 0. The smallest absolute Gasteiger partial charge is 1.00 e. The van der Waals surface area contributed by atoms with Gasteiger partial charge in [0.25, 0.3) is 0 Å². The zero-order chi connectivity index (χ0) is 13.2. The second-order valence-corrected chi connectivity index (χ2v) is 5.80. The van der Waals surface area contributed by atoms with Gasteiger partial charge in [-0.2, -0.15) is 5.71 Å². The van der Waals surface area contributed by atoms with E-state index in [0.717, 1.165) is 24.8 Å². The largest absolute Gasteiger partial charge is 2.00 e. The van der Waals surface area contributed by atoms with Gasteiger partial charge in [0, 0.05) is 5.02 Å². The van der Waals surface area contributed by atoms with E-state index in [1.54, 1.807) is 0 Å². The van der Waals surface area contributed by atoms with Crippen LogP contribution in [0.3, 0.4) is 0 Å². The SMILES string of the molecule is C[C@H](C[O-])CC(=[N-])C1(c2ccc(Cl)cc2)CCC1.[Br-].[Cl-].[Mg+2].[Mg+2]. The van der Waals surface area contributed by atoms with Crippen LogP contribution in [0.15, 0.2) is 24.3 Å². The van der Waals surface area contributed by atoms with Gasteiger partial charge < -0.3 is 39.9 Å². The fraction of sp³-hybridized carbons (Fsp3) is 0.533. The summed E-state index contributed by atoms with van der Waals surface area (Å²) in [4.78, 5) is 0. The third-order valence-electron chi connectivity index (χ3n) is 3.98. The van der Waals surface area contributed by atoms with Crippen LogP contribution in [0, 0.1) is 5.92 Å². The fourth-order valence-electron chi connectivity index (χ4n) is 2.63. The van der Waals surface area contributed by atoms with Gasteiger partial charge in [-0.1, -0.05) is 49.4 Å². The minimum Gasteiger partial charge on any atom is -1.00 e. The van der Waals surface area contributed by atoms with Gasteiger partial charge >= 0.3 is 46.1 Å². The van der Waals surface area contributed by atoms with Gasteiger partial charge in [0.1, 0.15) is 0 Å². The summed E-state index contributed by atoms with van der Waals surface area (Å²) < 4.78 is 0. The van der Waals surface area contributed by atoms with Crippen LogP contribution in [-0.4, -0.2) is 58.4 Å². The number of rotatable bonds is 5. The zero-order valence-corrected chi connectivity index (χ0v) is 18.8. The number of hydrogen-bond acceptors (Lipinski definition) is 1. The van der Waals surface area contributed by atoms with Crippen LogP contribution in [0.2, 0.25) is 5.02 Å². The van der Waals surface area contributed by atoms with E-state index in [-0.39, 0.29) is 93.4 Å². The fourth-order valence-corrected chi connectivity index (χ4v) is 2.75. The van der Waals surface area contributed by atoms with E-state index in [1.165, 1.54) is 0 Å². The van der Waals surface area contributed by atoms with Crippen LogP contribution >= 0.6 is 11.6 Å². The summed E-state index contributed by atoms with van der Waals surface area (Å²) in [5.74, 6) is -0.00484. The van der Waals surface area contributed by atoms with Gasteiger partial charge in [-0.15, -0.1) is 6.61 Å². The molecule has 1 saturated carbocycles. The summed E-state index contributed by atoms with van der Waals surface area (Å²) >= 11 is 5.90. The van der Waals surface area contributed by atoms with E-state index in [1.807, 2.05) is 31.2 Å². The third-order valence-corrected chi connectivity index (χ3v) is 4.23. The second-order valence-electron chi connectivity index (χ2n) is 5.37. The summed E-state index contributed by atoms with van der Waals surface area (Å²) in [6.07, 6.45) is 3.56. The molecule has 0 bridgehead atoms. The molecule has 0 unspecified atom stereocenters. The van der Waals surface area contributed by atoms with Crippen LogP contribution < -0.4 is 34.5 Å². The molecule has 0 N–H and O–H groups in total. The first-order valence-electron chi connectivity index (χ1n) is 6.48. The monoisotopic (exact) mass is 425 g/mol. The summed E-state index contributed by atoms with van der Waals surface area (Å²) in [6.45, 7) is 1.75. The number of halogens is 3. The molecule has 2 rings (SSSR count). The molecular weight excluding hydrogens is 410 g/mol. The van der Waals surface area contributed by atoms with Crippen molar-refractivity contribution in [1.29, 1.82) is 0 Å². The quantitative estimate of drug-likeness (QED) is 0.354. The third kappa shape index (κ3) is 6.39. The summed E-state index contributed by atoms with van der Waals surface area (Å²) in [5.41, 5.74) is 1.36. The summed E-state index contributed by atoms with van der Waals surface area (Å²) in [5, 5.41) is 21.9. The molecule has 0 amide bonds. The van der Waals surface area contributed by atoms with Crippen LogP contribution in [0.1, 0.15) is 38.2 Å². The Kier molecular flexibility index (Phi) is 16.4. The molecule has 1 aromatic rings. The second kappa shape index (κ2) is 12.8. The van der Waals surface area contributed by atoms with Crippen molar-refractivity contribution in [3.63, 3.8) is 0 Å². The van der Waals surface area contributed by atoms with Crippen molar-refractivity contribution in [2.45, 2.75) is 38.0 Å². The topological polar surface area (TPSA) is 45.4 Å².